The Bertz CT molecular complexity index is 580. The molecule has 0 N–H and O–H groups in total. The third-order valence-corrected chi connectivity index (χ3v) is 5.33. The van der Waals surface area contributed by atoms with Crippen LogP contribution in [0.25, 0.3) is 0 Å². The molecular formula is C23H36F2O2. The molecule has 4 heteroatoms. The minimum Gasteiger partial charge on any atom is -0.375 e. The van der Waals surface area contributed by atoms with Gasteiger partial charge in [0, 0.05) is 24.7 Å². The highest BCUT2D eigenvalue weighted by Gasteiger charge is 2.23. The second kappa shape index (κ2) is 11.5. The number of ketones is 1. The van der Waals surface area contributed by atoms with E-state index in [-0.39, 0.29) is 5.78 Å². The van der Waals surface area contributed by atoms with Crippen molar-refractivity contribution >= 4 is 5.78 Å². The highest BCUT2D eigenvalue weighted by atomic mass is 19.3. The van der Waals surface area contributed by atoms with Crippen molar-refractivity contribution in [1.29, 1.82) is 0 Å². The smallest absolute Gasteiger partial charge is 0.268 e. The lowest BCUT2D eigenvalue weighted by Crippen LogP contribution is -2.19. The number of rotatable bonds is 13. The van der Waals surface area contributed by atoms with Gasteiger partial charge < -0.3 is 4.74 Å². The maximum Gasteiger partial charge on any atom is 0.268 e. The molecule has 0 radical (unpaired) electrons. The van der Waals surface area contributed by atoms with E-state index in [9.17, 15) is 13.6 Å². The van der Waals surface area contributed by atoms with Crippen molar-refractivity contribution < 1.29 is 18.3 Å². The molecule has 1 aliphatic rings. The minimum atomic E-state index is -2.72. The maximum atomic E-state index is 12.6. The average Bonchev–Trinajstić information content (AvgIpc) is 2.60. The molecule has 0 atom stereocenters. The van der Waals surface area contributed by atoms with Crippen LogP contribution in [0.2, 0.25) is 0 Å². The summed E-state index contributed by atoms with van der Waals surface area (Å²) in [5.74, 6) is -2.55. The highest BCUT2D eigenvalue weighted by molar-refractivity contribution is 6.11. The first kappa shape index (κ1) is 23.7. The van der Waals surface area contributed by atoms with Crippen LogP contribution in [0.5, 0.6) is 0 Å². The van der Waals surface area contributed by atoms with E-state index in [4.69, 9.17) is 4.74 Å². The molecule has 0 amide bonds. The van der Waals surface area contributed by atoms with E-state index in [0.717, 1.165) is 73.3 Å². The van der Waals surface area contributed by atoms with Crippen molar-refractivity contribution in [1.82, 2.24) is 0 Å². The van der Waals surface area contributed by atoms with Crippen molar-refractivity contribution in [2.75, 3.05) is 13.2 Å². The highest BCUT2D eigenvalue weighted by Crippen LogP contribution is 2.33. The first-order valence-corrected chi connectivity index (χ1v) is 10.2. The van der Waals surface area contributed by atoms with E-state index in [1.54, 1.807) is 0 Å². The van der Waals surface area contributed by atoms with Gasteiger partial charge in [0.25, 0.3) is 5.92 Å². The summed E-state index contributed by atoms with van der Waals surface area (Å²) < 4.78 is 30.1. The number of carbonyl (C=O) groups is 1. The molecule has 0 fully saturated rings. The fourth-order valence-electron chi connectivity index (χ4n) is 3.42. The Morgan fingerprint density at radius 2 is 1.37 bits per heavy atom. The second-order valence-electron chi connectivity index (χ2n) is 7.86. The number of alkyl halides is 2. The molecule has 0 aromatic carbocycles. The van der Waals surface area contributed by atoms with Crippen molar-refractivity contribution in [3.8, 4) is 0 Å². The van der Waals surface area contributed by atoms with Gasteiger partial charge in [-0.05, 0) is 56.8 Å². The molecule has 0 unspecified atom stereocenters. The Balaban J connectivity index is 2.07. The zero-order chi connectivity index (χ0) is 20.4. The van der Waals surface area contributed by atoms with Gasteiger partial charge in [0.1, 0.15) is 6.61 Å². The van der Waals surface area contributed by atoms with Crippen LogP contribution in [0.3, 0.4) is 0 Å². The van der Waals surface area contributed by atoms with Gasteiger partial charge in [0.15, 0.2) is 5.78 Å². The third kappa shape index (κ3) is 8.50. The summed E-state index contributed by atoms with van der Waals surface area (Å²) >= 11 is 0. The Morgan fingerprint density at radius 3 is 1.93 bits per heavy atom. The molecule has 0 aliphatic heterocycles. The Labute approximate surface area is 163 Å². The predicted molar refractivity (Wildman–Crippen MR) is 108 cm³/mol. The summed E-state index contributed by atoms with van der Waals surface area (Å²) in [6.07, 6.45) is 9.77. The van der Waals surface area contributed by atoms with E-state index in [1.807, 2.05) is 20.8 Å². The Kier molecular flexibility index (Phi) is 10.1. The molecule has 0 bridgehead atoms. The van der Waals surface area contributed by atoms with Crippen LogP contribution in [-0.4, -0.2) is 24.9 Å². The number of carbonyl (C=O) groups excluding carboxylic acids is 1. The normalized spacial score (nSPS) is 15.9. The molecule has 0 saturated carbocycles. The van der Waals surface area contributed by atoms with Crippen molar-refractivity contribution in [3.05, 3.63) is 34.4 Å². The molecule has 154 valence electrons. The van der Waals surface area contributed by atoms with E-state index >= 15 is 0 Å². The van der Waals surface area contributed by atoms with E-state index in [2.05, 4.69) is 6.58 Å². The van der Waals surface area contributed by atoms with E-state index in [0.29, 0.717) is 6.61 Å². The minimum absolute atomic E-state index is 0.168. The van der Waals surface area contributed by atoms with Crippen LogP contribution >= 0.6 is 0 Å². The fraction of sp³-hybridized carbons (Fsp3) is 0.696. The number of hydrogen-bond acceptors (Lipinski definition) is 2. The van der Waals surface area contributed by atoms with Gasteiger partial charge in [-0.1, -0.05) is 45.1 Å². The van der Waals surface area contributed by atoms with Crippen molar-refractivity contribution in [2.45, 2.75) is 91.4 Å². The molecule has 0 aromatic rings. The largest absolute Gasteiger partial charge is 0.375 e. The lowest BCUT2D eigenvalue weighted by atomic mass is 9.81. The van der Waals surface area contributed by atoms with Crippen LogP contribution in [0.1, 0.15) is 85.5 Å². The number of Topliss-reactive ketones (excluding diaryl/α,β-unsaturated/α-hetero) is 1. The molecule has 1 rings (SSSR count). The van der Waals surface area contributed by atoms with Gasteiger partial charge in [-0.3, -0.25) is 4.79 Å². The quantitative estimate of drug-likeness (QED) is 0.322. The summed E-state index contributed by atoms with van der Waals surface area (Å²) in [7, 11) is 0. The summed E-state index contributed by atoms with van der Waals surface area (Å²) in [4.78, 5) is 12.2. The van der Waals surface area contributed by atoms with Crippen LogP contribution in [0.4, 0.5) is 8.78 Å². The predicted octanol–water partition coefficient (Wildman–Crippen LogP) is 6.96. The molecule has 27 heavy (non-hydrogen) atoms. The zero-order valence-electron chi connectivity index (χ0n) is 17.6. The van der Waals surface area contributed by atoms with Crippen LogP contribution in [-0.2, 0) is 9.53 Å². The van der Waals surface area contributed by atoms with Gasteiger partial charge in [0.2, 0.25) is 0 Å². The van der Waals surface area contributed by atoms with Crippen molar-refractivity contribution in [3.63, 3.8) is 0 Å². The van der Waals surface area contributed by atoms with Gasteiger partial charge in [-0.2, -0.15) is 0 Å². The molecule has 1 aliphatic carbocycles. The molecule has 0 aromatic heterocycles. The summed E-state index contributed by atoms with van der Waals surface area (Å²) in [5.41, 5.74) is 4.90. The number of hydrogen-bond donors (Lipinski definition) is 0. The zero-order valence-corrected chi connectivity index (χ0v) is 17.6. The maximum absolute atomic E-state index is 12.6. The van der Waals surface area contributed by atoms with Gasteiger partial charge in [0.05, 0.1) is 0 Å². The second-order valence-corrected chi connectivity index (χ2v) is 7.86. The lowest BCUT2D eigenvalue weighted by molar-refractivity contribution is -0.112. The average molecular weight is 383 g/mol. The Morgan fingerprint density at radius 1 is 0.852 bits per heavy atom. The van der Waals surface area contributed by atoms with Crippen LogP contribution < -0.4 is 0 Å². The number of allylic oxidation sites excluding steroid dienone is 5. The standard InChI is InChI=1S/C23H36F2O2/c1-17-18(2)21(20(4)22(26)19(17)3)14-12-10-8-6-7-9-11-13-15-27-16-23(5,24)25/h2,6-16H2,1,3-5H3. The first-order valence-electron chi connectivity index (χ1n) is 10.2. The third-order valence-electron chi connectivity index (χ3n) is 5.33. The number of halogens is 2. The van der Waals surface area contributed by atoms with Crippen LogP contribution in [0, 0.1) is 0 Å². The molecule has 0 saturated heterocycles. The molecule has 0 spiro atoms. The van der Waals surface area contributed by atoms with E-state index < -0.39 is 12.5 Å². The number of unbranched alkanes of at least 4 members (excludes halogenated alkanes) is 7. The van der Waals surface area contributed by atoms with Gasteiger partial charge >= 0.3 is 0 Å². The molecule has 0 heterocycles. The topological polar surface area (TPSA) is 26.3 Å². The first-order chi connectivity index (χ1) is 12.6. The van der Waals surface area contributed by atoms with Gasteiger partial charge in [-0.25, -0.2) is 8.78 Å². The summed E-state index contributed by atoms with van der Waals surface area (Å²) in [5, 5.41) is 0. The van der Waals surface area contributed by atoms with Crippen molar-refractivity contribution in [2.24, 2.45) is 0 Å². The summed E-state index contributed by atoms with van der Waals surface area (Å²) in [6, 6.07) is 0. The fourth-order valence-corrected chi connectivity index (χ4v) is 3.42. The summed E-state index contributed by atoms with van der Waals surface area (Å²) in [6.45, 7) is 10.8. The van der Waals surface area contributed by atoms with E-state index in [1.165, 1.54) is 19.3 Å². The Hall–Kier alpha value is -1.29. The SMILES string of the molecule is C=C1C(C)=C(C)C(=O)C(C)=C1CCCCCCCCCCOCC(C)(F)F. The monoisotopic (exact) mass is 382 g/mol. The lowest BCUT2D eigenvalue weighted by Gasteiger charge is -2.22. The molecular weight excluding hydrogens is 346 g/mol. The van der Waals surface area contributed by atoms with Gasteiger partial charge in [-0.15, -0.1) is 0 Å². The van der Waals surface area contributed by atoms with Crippen LogP contribution in [0.15, 0.2) is 34.4 Å². The number of ether oxygens (including phenoxy) is 1. The molecule has 2 nitrogen and oxygen atoms in total.